The molecular weight excluding hydrogens is 384 g/mol. The number of nitro groups is 1. The van der Waals surface area contributed by atoms with Gasteiger partial charge in [0.15, 0.2) is 6.61 Å². The summed E-state index contributed by atoms with van der Waals surface area (Å²) < 4.78 is 29.8. The zero-order valence-corrected chi connectivity index (χ0v) is 14.7. The predicted octanol–water partition coefficient (Wildman–Crippen LogP) is 3.41. The monoisotopic (exact) mass is 397 g/mol. The van der Waals surface area contributed by atoms with Crippen LogP contribution in [-0.2, 0) is 9.53 Å². The lowest BCUT2D eigenvalue weighted by Crippen LogP contribution is -2.21. The van der Waals surface area contributed by atoms with Crippen LogP contribution in [0.4, 0.5) is 20.2 Å². The number of nitro benzene ring substituents is 1. The maximum Gasteiger partial charge on any atom is 0.341 e. The average Bonchev–Trinajstić information content (AvgIpc) is 2.61. The highest BCUT2D eigenvalue weighted by Gasteiger charge is 2.19. The number of rotatable bonds is 7. The van der Waals surface area contributed by atoms with Crippen LogP contribution in [0.3, 0.4) is 0 Å². The Hall–Kier alpha value is -3.08. The van der Waals surface area contributed by atoms with Gasteiger partial charge in [-0.05, 0) is 36.4 Å². The van der Waals surface area contributed by atoms with Gasteiger partial charge in [0.25, 0.3) is 17.4 Å². The van der Waals surface area contributed by atoms with Crippen molar-refractivity contribution in [1.82, 2.24) is 4.98 Å². The van der Waals surface area contributed by atoms with Crippen molar-refractivity contribution in [1.29, 1.82) is 0 Å². The topological polar surface area (TPSA) is 111 Å². The molecule has 27 heavy (non-hydrogen) atoms. The molecule has 8 nitrogen and oxygen atoms in total. The quantitative estimate of drug-likeness (QED) is 0.330. The molecule has 0 unspecified atom stereocenters. The molecule has 0 aliphatic heterocycles. The Balaban J connectivity index is 2.01. The van der Waals surface area contributed by atoms with Gasteiger partial charge in [-0.15, -0.1) is 0 Å². The van der Waals surface area contributed by atoms with Crippen molar-refractivity contribution in [3.05, 3.63) is 57.8 Å². The number of aryl methyl sites for hydroxylation is 1. The van der Waals surface area contributed by atoms with Gasteiger partial charge < -0.3 is 10.1 Å². The van der Waals surface area contributed by atoms with Crippen molar-refractivity contribution in [2.45, 2.75) is 17.7 Å². The highest BCUT2D eigenvalue weighted by molar-refractivity contribution is 7.99. The fourth-order valence-electron chi connectivity index (χ4n) is 1.98. The third-order valence-corrected chi connectivity index (χ3v) is 3.96. The van der Waals surface area contributed by atoms with Gasteiger partial charge in [-0.2, -0.15) is 8.78 Å². The van der Waals surface area contributed by atoms with E-state index >= 15 is 0 Å². The Morgan fingerprint density at radius 3 is 2.78 bits per heavy atom. The average molecular weight is 397 g/mol. The van der Waals surface area contributed by atoms with Crippen LogP contribution in [-0.4, -0.2) is 34.1 Å². The minimum atomic E-state index is -2.77. The summed E-state index contributed by atoms with van der Waals surface area (Å²) in [4.78, 5) is 37.8. The lowest BCUT2D eigenvalue weighted by molar-refractivity contribution is -0.384. The van der Waals surface area contributed by atoms with Gasteiger partial charge in [0.05, 0.1) is 16.2 Å². The Labute approximate surface area is 156 Å². The first-order valence-electron chi connectivity index (χ1n) is 7.39. The van der Waals surface area contributed by atoms with E-state index in [-0.39, 0.29) is 33.7 Å². The number of amides is 1. The van der Waals surface area contributed by atoms with Crippen LogP contribution in [0, 0.1) is 17.0 Å². The number of benzene rings is 1. The highest BCUT2D eigenvalue weighted by atomic mass is 32.2. The van der Waals surface area contributed by atoms with Crippen LogP contribution in [0.1, 0.15) is 15.9 Å². The fourth-order valence-corrected chi connectivity index (χ4v) is 2.55. The Bertz CT molecular complexity index is 879. The Kier molecular flexibility index (Phi) is 6.77. The van der Waals surface area contributed by atoms with Gasteiger partial charge in [-0.1, -0.05) is 6.07 Å². The molecule has 1 N–H and O–H groups in total. The molecular formula is C16H13F2N3O5S. The van der Waals surface area contributed by atoms with E-state index in [4.69, 9.17) is 4.74 Å². The van der Waals surface area contributed by atoms with Crippen molar-refractivity contribution in [3.63, 3.8) is 0 Å². The molecule has 0 aliphatic carbocycles. The molecule has 1 heterocycles. The molecule has 0 aliphatic rings. The number of non-ortho nitro benzene ring substituents is 1. The van der Waals surface area contributed by atoms with E-state index in [2.05, 4.69) is 10.3 Å². The largest absolute Gasteiger partial charge is 0.452 e. The number of alkyl halides is 2. The molecule has 1 aromatic carbocycles. The van der Waals surface area contributed by atoms with Crippen LogP contribution < -0.4 is 5.32 Å². The molecule has 0 atom stereocenters. The summed E-state index contributed by atoms with van der Waals surface area (Å²) in [5, 5.41) is 13.0. The van der Waals surface area contributed by atoms with Crippen LogP contribution in [0.25, 0.3) is 0 Å². The Morgan fingerprint density at radius 2 is 2.11 bits per heavy atom. The van der Waals surface area contributed by atoms with Crippen LogP contribution in [0.2, 0.25) is 0 Å². The molecule has 0 saturated heterocycles. The second-order valence-electron chi connectivity index (χ2n) is 5.12. The second kappa shape index (κ2) is 9.03. The number of carbonyl (C=O) groups is 2. The molecule has 1 aromatic heterocycles. The van der Waals surface area contributed by atoms with E-state index in [1.165, 1.54) is 36.5 Å². The van der Waals surface area contributed by atoms with Gasteiger partial charge in [0.1, 0.15) is 5.03 Å². The smallest absolute Gasteiger partial charge is 0.341 e. The summed E-state index contributed by atoms with van der Waals surface area (Å²) in [7, 11) is 0. The highest BCUT2D eigenvalue weighted by Crippen LogP contribution is 2.26. The van der Waals surface area contributed by atoms with Crippen molar-refractivity contribution in [3.8, 4) is 0 Å². The van der Waals surface area contributed by atoms with Crippen molar-refractivity contribution < 1.29 is 28.0 Å². The SMILES string of the molecule is Cc1ccc([N+](=O)[O-])cc1NC(=O)COC(=O)c1cccnc1SC(F)F. The second-order valence-corrected chi connectivity index (χ2v) is 6.09. The van der Waals surface area contributed by atoms with Gasteiger partial charge in [-0.3, -0.25) is 14.9 Å². The van der Waals surface area contributed by atoms with Crippen molar-refractivity contribution >= 4 is 35.0 Å². The molecule has 0 spiro atoms. The predicted molar refractivity (Wildman–Crippen MR) is 92.8 cm³/mol. The number of hydrogen-bond acceptors (Lipinski definition) is 7. The molecule has 0 radical (unpaired) electrons. The maximum atomic E-state index is 12.5. The number of ether oxygens (including phenoxy) is 1. The van der Waals surface area contributed by atoms with E-state index in [0.29, 0.717) is 5.56 Å². The number of carbonyl (C=O) groups excluding carboxylic acids is 2. The van der Waals surface area contributed by atoms with E-state index in [1.807, 2.05) is 0 Å². The number of nitrogens with zero attached hydrogens (tertiary/aromatic N) is 2. The van der Waals surface area contributed by atoms with E-state index in [1.54, 1.807) is 6.92 Å². The number of thioether (sulfide) groups is 1. The maximum absolute atomic E-state index is 12.5. The summed E-state index contributed by atoms with van der Waals surface area (Å²) in [6.07, 6.45) is 1.25. The standard InChI is InChI=1S/C16H13F2N3O5S/c1-9-4-5-10(21(24)25)7-12(9)20-13(22)8-26-15(23)11-3-2-6-19-14(11)27-16(17)18/h2-7,16H,8H2,1H3,(H,20,22). The number of hydrogen-bond donors (Lipinski definition) is 1. The molecule has 11 heteroatoms. The van der Waals surface area contributed by atoms with E-state index < -0.39 is 29.2 Å². The van der Waals surface area contributed by atoms with Gasteiger partial charge >= 0.3 is 5.97 Å². The summed E-state index contributed by atoms with van der Waals surface area (Å²) in [6.45, 7) is 0.934. The summed E-state index contributed by atoms with van der Waals surface area (Å²) in [5.74, 6) is -4.50. The zero-order chi connectivity index (χ0) is 20.0. The van der Waals surface area contributed by atoms with Gasteiger partial charge in [0, 0.05) is 18.3 Å². The van der Waals surface area contributed by atoms with Gasteiger partial charge in [-0.25, -0.2) is 9.78 Å². The summed E-state index contributed by atoms with van der Waals surface area (Å²) in [6, 6.07) is 6.55. The number of aromatic nitrogens is 1. The van der Waals surface area contributed by atoms with Crippen molar-refractivity contribution in [2.75, 3.05) is 11.9 Å². The van der Waals surface area contributed by atoms with Crippen LogP contribution in [0.5, 0.6) is 0 Å². The normalized spacial score (nSPS) is 10.5. The number of nitrogens with one attached hydrogen (secondary N) is 1. The van der Waals surface area contributed by atoms with Crippen LogP contribution >= 0.6 is 11.8 Å². The molecule has 0 saturated carbocycles. The van der Waals surface area contributed by atoms with Crippen LogP contribution in [0.15, 0.2) is 41.6 Å². The zero-order valence-electron chi connectivity index (χ0n) is 13.8. The van der Waals surface area contributed by atoms with Crippen molar-refractivity contribution in [2.24, 2.45) is 0 Å². The number of anilines is 1. The summed E-state index contributed by atoms with van der Waals surface area (Å²) >= 11 is 0.0868. The molecule has 142 valence electrons. The number of esters is 1. The molecule has 2 rings (SSSR count). The third kappa shape index (κ3) is 5.71. The number of halogens is 2. The first-order chi connectivity index (χ1) is 12.8. The Morgan fingerprint density at radius 1 is 1.37 bits per heavy atom. The minimum Gasteiger partial charge on any atom is -0.452 e. The first-order valence-corrected chi connectivity index (χ1v) is 8.27. The van der Waals surface area contributed by atoms with E-state index in [0.717, 1.165) is 0 Å². The molecule has 0 bridgehead atoms. The summed E-state index contributed by atoms with van der Waals surface area (Å²) in [5.41, 5.74) is 0.364. The first kappa shape index (κ1) is 20.2. The molecule has 2 aromatic rings. The van der Waals surface area contributed by atoms with E-state index in [9.17, 15) is 28.5 Å². The molecule has 0 fully saturated rings. The third-order valence-electron chi connectivity index (χ3n) is 3.23. The molecule has 1 amide bonds. The lowest BCUT2D eigenvalue weighted by Gasteiger charge is -2.10. The minimum absolute atomic E-state index is 0.0868. The number of pyridine rings is 1. The fraction of sp³-hybridized carbons (Fsp3) is 0.188. The lowest BCUT2D eigenvalue weighted by atomic mass is 10.2. The van der Waals surface area contributed by atoms with Gasteiger partial charge in [0.2, 0.25) is 0 Å².